The van der Waals surface area contributed by atoms with Gasteiger partial charge in [0.25, 0.3) is 5.91 Å². The summed E-state index contributed by atoms with van der Waals surface area (Å²) in [6.45, 7) is 4.59. The van der Waals surface area contributed by atoms with E-state index in [1.54, 1.807) is 36.3 Å². The minimum absolute atomic E-state index is 0.0703. The number of hydrogen-bond acceptors (Lipinski definition) is 5. The standard InChI is InChI=1S/C19H24FN5OS/c20-17-5-2-1-4-16(17)15-27-13-8-21-18(26)14-24-9-11-25(12-10-24)19-22-6-3-7-23-19/h1-7H,8-15H2,(H,21,26)/p+1. The van der Waals surface area contributed by atoms with Crippen molar-refractivity contribution in [3.05, 3.63) is 54.1 Å². The Hall–Kier alpha value is -2.19. The van der Waals surface area contributed by atoms with Crippen LogP contribution in [-0.2, 0) is 10.5 Å². The van der Waals surface area contributed by atoms with Crippen LogP contribution in [0.5, 0.6) is 0 Å². The van der Waals surface area contributed by atoms with E-state index in [9.17, 15) is 9.18 Å². The van der Waals surface area contributed by atoms with E-state index in [1.807, 2.05) is 12.1 Å². The average molecular weight is 391 g/mol. The zero-order valence-electron chi connectivity index (χ0n) is 15.2. The second kappa shape index (κ2) is 10.2. The number of amides is 1. The van der Waals surface area contributed by atoms with Crippen molar-refractivity contribution in [1.29, 1.82) is 0 Å². The third-order valence-electron chi connectivity index (χ3n) is 4.50. The highest BCUT2D eigenvalue weighted by molar-refractivity contribution is 7.98. The molecule has 1 aromatic heterocycles. The van der Waals surface area contributed by atoms with E-state index in [1.165, 1.54) is 11.0 Å². The molecule has 3 rings (SSSR count). The number of hydrogen-bond donors (Lipinski definition) is 2. The van der Waals surface area contributed by atoms with Crippen LogP contribution in [0.15, 0.2) is 42.7 Å². The monoisotopic (exact) mass is 390 g/mol. The van der Waals surface area contributed by atoms with Crippen LogP contribution in [0, 0.1) is 5.82 Å². The highest BCUT2D eigenvalue weighted by Gasteiger charge is 2.23. The van der Waals surface area contributed by atoms with Crippen molar-refractivity contribution >= 4 is 23.6 Å². The molecule has 2 aromatic rings. The molecular formula is C19H25FN5OS+. The fraction of sp³-hybridized carbons (Fsp3) is 0.421. The Morgan fingerprint density at radius 1 is 1.19 bits per heavy atom. The molecule has 27 heavy (non-hydrogen) atoms. The number of benzene rings is 1. The van der Waals surface area contributed by atoms with E-state index in [4.69, 9.17) is 0 Å². The molecule has 0 unspecified atom stereocenters. The first kappa shape index (κ1) is 19.6. The number of thioether (sulfide) groups is 1. The number of carbonyl (C=O) groups is 1. The van der Waals surface area contributed by atoms with Crippen molar-refractivity contribution in [2.45, 2.75) is 5.75 Å². The van der Waals surface area contributed by atoms with Crippen LogP contribution >= 0.6 is 11.8 Å². The Kier molecular flexibility index (Phi) is 7.41. The van der Waals surface area contributed by atoms with Crippen molar-refractivity contribution in [3.63, 3.8) is 0 Å². The molecule has 1 aromatic carbocycles. The third kappa shape index (κ3) is 6.18. The van der Waals surface area contributed by atoms with Gasteiger partial charge >= 0.3 is 0 Å². The fourth-order valence-corrected chi connectivity index (χ4v) is 3.85. The molecule has 2 N–H and O–H groups in total. The molecule has 1 aliphatic heterocycles. The lowest BCUT2D eigenvalue weighted by molar-refractivity contribution is -0.892. The summed E-state index contributed by atoms with van der Waals surface area (Å²) in [7, 11) is 0. The number of aromatic nitrogens is 2. The van der Waals surface area contributed by atoms with Crippen LogP contribution in [0.25, 0.3) is 0 Å². The molecular weight excluding hydrogens is 365 g/mol. The van der Waals surface area contributed by atoms with E-state index < -0.39 is 0 Å². The van der Waals surface area contributed by atoms with Crippen LogP contribution in [0.1, 0.15) is 5.56 Å². The third-order valence-corrected chi connectivity index (χ3v) is 5.51. The van der Waals surface area contributed by atoms with Gasteiger partial charge in [0.15, 0.2) is 6.54 Å². The maximum atomic E-state index is 13.5. The van der Waals surface area contributed by atoms with Crippen molar-refractivity contribution in [3.8, 4) is 0 Å². The van der Waals surface area contributed by atoms with Gasteiger partial charge in [-0.25, -0.2) is 14.4 Å². The Morgan fingerprint density at radius 3 is 2.67 bits per heavy atom. The first-order valence-electron chi connectivity index (χ1n) is 9.16. The van der Waals surface area contributed by atoms with Gasteiger partial charge in [0.1, 0.15) is 5.82 Å². The number of anilines is 1. The largest absolute Gasteiger partial charge is 0.350 e. The minimum atomic E-state index is -0.169. The maximum absolute atomic E-state index is 13.5. The van der Waals surface area contributed by atoms with Crippen molar-refractivity contribution in [2.24, 2.45) is 0 Å². The van der Waals surface area contributed by atoms with Crippen LogP contribution in [0.4, 0.5) is 10.3 Å². The number of rotatable bonds is 8. The van der Waals surface area contributed by atoms with Gasteiger partial charge in [-0.2, -0.15) is 11.8 Å². The number of piperazine rings is 1. The summed E-state index contributed by atoms with van der Waals surface area (Å²) in [4.78, 5) is 24.1. The molecule has 2 heterocycles. The second-order valence-corrected chi connectivity index (χ2v) is 7.56. The van der Waals surface area contributed by atoms with E-state index in [2.05, 4.69) is 20.2 Å². The molecule has 8 heteroatoms. The molecule has 144 valence electrons. The summed E-state index contributed by atoms with van der Waals surface area (Å²) in [5, 5.41) is 2.96. The fourth-order valence-electron chi connectivity index (χ4n) is 3.00. The lowest BCUT2D eigenvalue weighted by Crippen LogP contribution is -3.16. The molecule has 0 spiro atoms. The molecule has 0 radical (unpaired) electrons. The Bertz CT molecular complexity index is 725. The summed E-state index contributed by atoms with van der Waals surface area (Å²) in [6.07, 6.45) is 3.50. The lowest BCUT2D eigenvalue weighted by Gasteiger charge is -2.31. The molecule has 0 bridgehead atoms. The molecule has 0 saturated carbocycles. The Morgan fingerprint density at radius 2 is 1.93 bits per heavy atom. The summed E-state index contributed by atoms with van der Waals surface area (Å²) >= 11 is 1.62. The normalized spacial score (nSPS) is 14.9. The zero-order valence-corrected chi connectivity index (χ0v) is 16.1. The van der Waals surface area contributed by atoms with Crippen LogP contribution in [0.3, 0.4) is 0 Å². The van der Waals surface area contributed by atoms with Crippen LogP contribution in [0.2, 0.25) is 0 Å². The molecule has 1 saturated heterocycles. The Balaban J connectivity index is 1.28. The van der Waals surface area contributed by atoms with Gasteiger partial charge in [0, 0.05) is 30.4 Å². The van der Waals surface area contributed by atoms with Gasteiger partial charge in [0.05, 0.1) is 26.2 Å². The van der Waals surface area contributed by atoms with Gasteiger partial charge in [-0.05, 0) is 17.7 Å². The number of carbonyl (C=O) groups excluding carboxylic acids is 1. The quantitative estimate of drug-likeness (QED) is 0.638. The number of quaternary nitrogens is 1. The highest BCUT2D eigenvalue weighted by Crippen LogP contribution is 2.14. The second-order valence-electron chi connectivity index (χ2n) is 6.46. The first-order chi connectivity index (χ1) is 13.2. The number of nitrogens with zero attached hydrogens (tertiary/aromatic N) is 3. The predicted molar refractivity (Wildman–Crippen MR) is 105 cm³/mol. The van der Waals surface area contributed by atoms with Crippen molar-refractivity contribution < 1.29 is 14.1 Å². The van der Waals surface area contributed by atoms with Gasteiger partial charge in [0.2, 0.25) is 5.95 Å². The smallest absolute Gasteiger partial charge is 0.275 e. The summed E-state index contributed by atoms with van der Waals surface area (Å²) < 4.78 is 13.5. The molecule has 0 aliphatic carbocycles. The van der Waals surface area contributed by atoms with E-state index >= 15 is 0 Å². The lowest BCUT2D eigenvalue weighted by atomic mass is 10.2. The molecule has 1 amide bonds. The SMILES string of the molecule is O=C(C[NH+]1CCN(c2ncccn2)CC1)NCCSCc1ccccc1F. The summed E-state index contributed by atoms with van der Waals surface area (Å²) in [6, 6.07) is 8.62. The molecule has 6 nitrogen and oxygen atoms in total. The van der Waals surface area contributed by atoms with E-state index in [-0.39, 0.29) is 11.7 Å². The van der Waals surface area contributed by atoms with Gasteiger partial charge in [-0.15, -0.1) is 0 Å². The van der Waals surface area contributed by atoms with Crippen molar-refractivity contribution in [2.75, 3.05) is 49.9 Å². The van der Waals surface area contributed by atoms with Crippen LogP contribution < -0.4 is 15.1 Å². The van der Waals surface area contributed by atoms with Gasteiger partial charge in [-0.3, -0.25) is 4.79 Å². The maximum Gasteiger partial charge on any atom is 0.275 e. The molecule has 1 aliphatic rings. The Labute approximate surface area is 163 Å². The van der Waals surface area contributed by atoms with Gasteiger partial charge in [-0.1, -0.05) is 18.2 Å². The van der Waals surface area contributed by atoms with E-state index in [0.717, 1.165) is 37.9 Å². The van der Waals surface area contributed by atoms with Crippen LogP contribution in [-0.4, -0.2) is 60.9 Å². The summed E-state index contributed by atoms with van der Waals surface area (Å²) in [5.74, 6) is 2.05. The zero-order chi connectivity index (χ0) is 18.9. The predicted octanol–water partition coefficient (Wildman–Crippen LogP) is 0.370. The molecule has 1 fully saturated rings. The van der Waals surface area contributed by atoms with Crippen molar-refractivity contribution in [1.82, 2.24) is 15.3 Å². The number of nitrogens with one attached hydrogen (secondary N) is 2. The molecule has 0 atom stereocenters. The average Bonchev–Trinajstić information content (AvgIpc) is 2.70. The van der Waals surface area contributed by atoms with E-state index in [0.29, 0.717) is 24.4 Å². The number of halogens is 1. The minimum Gasteiger partial charge on any atom is -0.350 e. The first-order valence-corrected chi connectivity index (χ1v) is 10.3. The van der Waals surface area contributed by atoms with Gasteiger partial charge < -0.3 is 15.1 Å². The topological polar surface area (TPSA) is 62.6 Å². The highest BCUT2D eigenvalue weighted by atomic mass is 32.2. The summed E-state index contributed by atoms with van der Waals surface area (Å²) in [5.41, 5.74) is 0.707.